The maximum Gasteiger partial charge on any atom is 0.416 e. The van der Waals surface area contributed by atoms with Crippen molar-refractivity contribution >= 4 is 21.5 Å². The summed E-state index contributed by atoms with van der Waals surface area (Å²) in [7, 11) is 0. The molecule has 5 aromatic rings. The smallest absolute Gasteiger partial charge is 0.256 e. The lowest BCUT2D eigenvalue weighted by atomic mass is 9.91. The minimum Gasteiger partial charge on any atom is -0.256 e. The summed E-state index contributed by atoms with van der Waals surface area (Å²) in [6, 6.07) is 21.2. The molecular weight excluding hydrogens is 431 g/mol. The standard InChI is InChI=1S/C30H24F3N/c1-17-11-18(2)13-23(12-17)29-27-8-5-21-16-22(6-7-25(21)26(27)9-10-34-29)28-19(3)14-24(15-20(28)4)30(31,32)33/h5-16H,1-4H3. The number of hydrogen-bond donors (Lipinski definition) is 0. The summed E-state index contributed by atoms with van der Waals surface area (Å²) in [5.74, 6) is 0. The topological polar surface area (TPSA) is 12.9 Å². The predicted molar refractivity (Wildman–Crippen MR) is 134 cm³/mol. The molecule has 0 aliphatic rings. The number of nitrogens with zero attached hydrogens (tertiary/aromatic N) is 1. The zero-order valence-corrected chi connectivity index (χ0v) is 19.5. The van der Waals surface area contributed by atoms with Gasteiger partial charge in [0.2, 0.25) is 0 Å². The van der Waals surface area contributed by atoms with E-state index in [4.69, 9.17) is 4.98 Å². The maximum absolute atomic E-state index is 13.2. The molecule has 0 fully saturated rings. The highest BCUT2D eigenvalue weighted by molar-refractivity contribution is 6.12. The molecule has 1 aromatic heterocycles. The Morgan fingerprint density at radius 2 is 1.26 bits per heavy atom. The lowest BCUT2D eigenvalue weighted by Gasteiger charge is -2.16. The van der Waals surface area contributed by atoms with E-state index in [2.05, 4.69) is 56.3 Å². The molecule has 1 heterocycles. The van der Waals surface area contributed by atoms with E-state index in [0.717, 1.165) is 43.9 Å². The van der Waals surface area contributed by atoms with Gasteiger partial charge in [-0.1, -0.05) is 41.5 Å². The van der Waals surface area contributed by atoms with Crippen LogP contribution in [0.2, 0.25) is 0 Å². The first kappa shape index (κ1) is 22.1. The molecule has 0 aliphatic heterocycles. The Morgan fingerprint density at radius 3 is 1.91 bits per heavy atom. The summed E-state index contributed by atoms with van der Waals surface area (Å²) in [5, 5.41) is 4.32. The SMILES string of the molecule is Cc1cc(C)cc(-c2nccc3c2ccc2cc(-c4c(C)cc(C(F)(F)F)cc4C)ccc23)c1. The van der Waals surface area contributed by atoms with Gasteiger partial charge in [-0.2, -0.15) is 13.2 Å². The van der Waals surface area contributed by atoms with Crippen molar-refractivity contribution in [3.05, 3.63) is 101 Å². The number of aryl methyl sites for hydroxylation is 4. The molecule has 5 rings (SSSR count). The molecule has 4 heteroatoms. The van der Waals surface area contributed by atoms with E-state index in [0.29, 0.717) is 11.1 Å². The summed E-state index contributed by atoms with van der Waals surface area (Å²) in [4.78, 5) is 4.69. The minimum atomic E-state index is -4.35. The van der Waals surface area contributed by atoms with Gasteiger partial charge in [0.1, 0.15) is 0 Å². The van der Waals surface area contributed by atoms with Crippen LogP contribution in [0.1, 0.15) is 27.8 Å². The molecule has 0 amide bonds. The molecular formula is C30H24F3N. The van der Waals surface area contributed by atoms with Gasteiger partial charge >= 0.3 is 6.18 Å². The molecule has 0 unspecified atom stereocenters. The van der Waals surface area contributed by atoms with Gasteiger partial charge in [0.15, 0.2) is 0 Å². The third-order valence-electron chi connectivity index (χ3n) is 6.41. The first-order valence-electron chi connectivity index (χ1n) is 11.2. The fraction of sp³-hybridized carbons (Fsp3) is 0.167. The average Bonchev–Trinajstić information content (AvgIpc) is 2.76. The summed E-state index contributed by atoms with van der Waals surface area (Å²) in [5.41, 5.74) is 6.83. The van der Waals surface area contributed by atoms with E-state index in [-0.39, 0.29) is 0 Å². The molecule has 0 atom stereocenters. The first-order chi connectivity index (χ1) is 16.1. The molecule has 0 saturated heterocycles. The van der Waals surface area contributed by atoms with Gasteiger partial charge in [0.05, 0.1) is 11.3 Å². The van der Waals surface area contributed by atoms with Gasteiger partial charge in [-0.25, -0.2) is 0 Å². The lowest BCUT2D eigenvalue weighted by Crippen LogP contribution is -2.06. The summed E-state index contributed by atoms with van der Waals surface area (Å²) >= 11 is 0. The molecule has 0 N–H and O–H groups in total. The normalized spacial score (nSPS) is 12.0. The fourth-order valence-corrected chi connectivity index (χ4v) is 5.08. The molecule has 0 radical (unpaired) electrons. The van der Waals surface area contributed by atoms with Crippen molar-refractivity contribution in [3.8, 4) is 22.4 Å². The van der Waals surface area contributed by atoms with Crippen molar-refractivity contribution in [2.75, 3.05) is 0 Å². The van der Waals surface area contributed by atoms with Gasteiger partial charge in [0, 0.05) is 17.1 Å². The average molecular weight is 456 g/mol. The molecule has 0 spiro atoms. The van der Waals surface area contributed by atoms with Crippen LogP contribution in [-0.4, -0.2) is 4.98 Å². The van der Waals surface area contributed by atoms with Crippen molar-refractivity contribution in [2.45, 2.75) is 33.9 Å². The quantitative estimate of drug-likeness (QED) is 0.242. The Morgan fingerprint density at radius 1 is 0.618 bits per heavy atom. The molecule has 170 valence electrons. The van der Waals surface area contributed by atoms with Crippen LogP contribution in [0.3, 0.4) is 0 Å². The second kappa shape index (κ2) is 7.98. The van der Waals surface area contributed by atoms with Gasteiger partial charge in [-0.3, -0.25) is 4.98 Å². The largest absolute Gasteiger partial charge is 0.416 e. The summed E-state index contributed by atoms with van der Waals surface area (Å²) in [6.07, 6.45) is -2.51. The highest BCUT2D eigenvalue weighted by Gasteiger charge is 2.31. The maximum atomic E-state index is 13.2. The number of hydrogen-bond acceptors (Lipinski definition) is 1. The highest BCUT2D eigenvalue weighted by atomic mass is 19.4. The highest BCUT2D eigenvalue weighted by Crippen LogP contribution is 2.38. The Kier molecular flexibility index (Phi) is 5.20. The number of fused-ring (bicyclic) bond motifs is 3. The third-order valence-corrected chi connectivity index (χ3v) is 6.41. The van der Waals surface area contributed by atoms with Crippen LogP contribution in [0.4, 0.5) is 13.2 Å². The fourth-order valence-electron chi connectivity index (χ4n) is 5.08. The van der Waals surface area contributed by atoms with Gasteiger partial charge in [0.25, 0.3) is 0 Å². The third kappa shape index (κ3) is 3.83. The van der Waals surface area contributed by atoms with Gasteiger partial charge in [-0.15, -0.1) is 0 Å². The van der Waals surface area contributed by atoms with E-state index < -0.39 is 11.7 Å². The molecule has 0 bridgehead atoms. The van der Waals surface area contributed by atoms with Crippen molar-refractivity contribution < 1.29 is 13.2 Å². The van der Waals surface area contributed by atoms with E-state index in [1.165, 1.54) is 23.3 Å². The van der Waals surface area contributed by atoms with E-state index in [1.54, 1.807) is 13.8 Å². The monoisotopic (exact) mass is 455 g/mol. The summed E-state index contributed by atoms with van der Waals surface area (Å²) < 4.78 is 39.7. The Labute approximate surface area is 196 Å². The van der Waals surface area contributed by atoms with Gasteiger partial charge < -0.3 is 0 Å². The zero-order chi connectivity index (χ0) is 24.2. The Bertz CT molecular complexity index is 1540. The molecule has 1 nitrogen and oxygen atoms in total. The lowest BCUT2D eigenvalue weighted by molar-refractivity contribution is -0.137. The van der Waals surface area contributed by atoms with Gasteiger partial charge in [-0.05, 0) is 103 Å². The van der Waals surface area contributed by atoms with Crippen LogP contribution in [-0.2, 0) is 6.18 Å². The number of aromatic nitrogens is 1. The van der Waals surface area contributed by atoms with E-state index in [1.807, 2.05) is 18.3 Å². The van der Waals surface area contributed by atoms with E-state index in [9.17, 15) is 13.2 Å². The zero-order valence-electron chi connectivity index (χ0n) is 19.5. The van der Waals surface area contributed by atoms with Crippen LogP contribution in [0.25, 0.3) is 43.9 Å². The Balaban J connectivity index is 1.67. The van der Waals surface area contributed by atoms with Crippen LogP contribution in [0.15, 0.2) is 72.9 Å². The van der Waals surface area contributed by atoms with Crippen LogP contribution >= 0.6 is 0 Å². The Hall–Kier alpha value is -3.66. The predicted octanol–water partition coefficient (Wildman–Crippen LogP) is 8.97. The molecule has 4 aromatic carbocycles. The second-order valence-corrected chi connectivity index (χ2v) is 9.12. The number of halogens is 3. The molecule has 0 aliphatic carbocycles. The summed E-state index contributed by atoms with van der Waals surface area (Å²) in [6.45, 7) is 7.65. The van der Waals surface area contributed by atoms with Crippen LogP contribution < -0.4 is 0 Å². The van der Waals surface area contributed by atoms with Crippen LogP contribution in [0.5, 0.6) is 0 Å². The first-order valence-corrected chi connectivity index (χ1v) is 11.2. The van der Waals surface area contributed by atoms with Crippen molar-refractivity contribution in [1.82, 2.24) is 4.98 Å². The van der Waals surface area contributed by atoms with Crippen molar-refractivity contribution in [3.63, 3.8) is 0 Å². The second-order valence-electron chi connectivity index (χ2n) is 9.12. The number of pyridine rings is 1. The van der Waals surface area contributed by atoms with Crippen molar-refractivity contribution in [2.24, 2.45) is 0 Å². The molecule has 34 heavy (non-hydrogen) atoms. The minimum absolute atomic E-state index is 0.607. The number of rotatable bonds is 2. The number of benzene rings is 4. The van der Waals surface area contributed by atoms with Crippen molar-refractivity contribution in [1.29, 1.82) is 0 Å². The van der Waals surface area contributed by atoms with Crippen LogP contribution in [0, 0.1) is 27.7 Å². The number of alkyl halides is 3. The molecule has 0 saturated carbocycles. The van der Waals surface area contributed by atoms with E-state index >= 15 is 0 Å².